The molecule has 0 bridgehead atoms. The third-order valence-electron chi connectivity index (χ3n) is 5.45. The van der Waals surface area contributed by atoms with E-state index in [-0.39, 0.29) is 11.8 Å². The Morgan fingerprint density at radius 1 is 1.07 bits per heavy atom. The molecule has 2 N–H and O–H groups in total. The molecule has 0 atom stereocenters. The van der Waals surface area contributed by atoms with Crippen LogP contribution in [-0.2, 0) is 9.53 Å². The van der Waals surface area contributed by atoms with Gasteiger partial charge in [-0.1, -0.05) is 32.1 Å². The molecule has 1 heterocycles. The zero-order valence-electron chi connectivity index (χ0n) is 16.2. The van der Waals surface area contributed by atoms with E-state index in [2.05, 4.69) is 10.6 Å². The Bertz CT molecular complexity index is 681. The number of morpholine rings is 1. The average molecular weight is 404 g/mol. The zero-order chi connectivity index (χ0) is 19.8. The number of nitrogens with zero attached hydrogens (tertiary/aromatic N) is 1. The van der Waals surface area contributed by atoms with Crippen LogP contribution < -0.4 is 10.6 Å². The fraction of sp³-hybridized carbons (Fsp3) is 0.571. The van der Waals surface area contributed by atoms with Crippen molar-refractivity contribution in [3.63, 3.8) is 0 Å². The normalized spacial score (nSPS) is 17.8. The lowest BCUT2D eigenvalue weighted by Crippen LogP contribution is -2.40. The summed E-state index contributed by atoms with van der Waals surface area (Å²) in [6.07, 6.45) is 7.84. The highest BCUT2D eigenvalue weighted by Gasteiger charge is 2.18. The summed E-state index contributed by atoms with van der Waals surface area (Å²) in [5.74, 6) is 0.646. The first-order chi connectivity index (χ1) is 13.6. The van der Waals surface area contributed by atoms with Crippen LogP contribution in [-0.4, -0.2) is 48.1 Å². The number of hydrogen-bond acceptors (Lipinski definition) is 4. The van der Waals surface area contributed by atoms with E-state index in [1.807, 2.05) is 0 Å². The standard InChI is InChI=1S/C21H29N3O3S/c25-19(11-6-16-4-2-1-3-5-16)23-21(28)22-18-9-7-17(8-10-18)20(26)24-12-14-27-15-13-24/h7-10,16H,1-6,11-15H2,(H2,22,23,25,28). The van der Waals surface area contributed by atoms with Gasteiger partial charge in [-0.2, -0.15) is 0 Å². The maximum atomic E-state index is 12.4. The first-order valence-electron chi connectivity index (χ1n) is 10.2. The fourth-order valence-corrected chi connectivity index (χ4v) is 4.04. The lowest BCUT2D eigenvalue weighted by atomic mass is 9.86. The number of rotatable bonds is 5. The molecule has 2 aliphatic rings. The Hall–Kier alpha value is -1.99. The van der Waals surface area contributed by atoms with Crippen molar-refractivity contribution in [2.24, 2.45) is 5.92 Å². The summed E-state index contributed by atoms with van der Waals surface area (Å²) < 4.78 is 5.28. The van der Waals surface area contributed by atoms with Gasteiger partial charge in [-0.05, 0) is 48.8 Å². The second-order valence-electron chi connectivity index (χ2n) is 7.53. The van der Waals surface area contributed by atoms with Gasteiger partial charge >= 0.3 is 0 Å². The molecule has 1 saturated heterocycles. The molecule has 28 heavy (non-hydrogen) atoms. The van der Waals surface area contributed by atoms with Crippen molar-refractivity contribution in [2.45, 2.75) is 44.9 Å². The lowest BCUT2D eigenvalue weighted by Gasteiger charge is -2.26. The van der Waals surface area contributed by atoms with Gasteiger partial charge in [-0.3, -0.25) is 9.59 Å². The average Bonchev–Trinajstić information content (AvgIpc) is 2.73. The molecule has 1 aliphatic heterocycles. The van der Waals surface area contributed by atoms with E-state index in [0.29, 0.717) is 49.3 Å². The molecule has 0 unspecified atom stereocenters. The van der Waals surface area contributed by atoms with Gasteiger partial charge in [0.05, 0.1) is 13.2 Å². The molecule has 7 heteroatoms. The van der Waals surface area contributed by atoms with Gasteiger partial charge in [0, 0.05) is 30.8 Å². The molecule has 3 rings (SSSR count). The molecule has 1 aliphatic carbocycles. The predicted molar refractivity (Wildman–Crippen MR) is 113 cm³/mol. The molecule has 1 saturated carbocycles. The summed E-state index contributed by atoms with van der Waals surface area (Å²) in [6, 6.07) is 7.14. The molecule has 0 spiro atoms. The minimum Gasteiger partial charge on any atom is -0.378 e. The van der Waals surface area contributed by atoms with Crippen LogP contribution in [0.2, 0.25) is 0 Å². The predicted octanol–water partition coefficient (Wildman–Crippen LogP) is 3.33. The number of hydrogen-bond donors (Lipinski definition) is 2. The van der Waals surface area contributed by atoms with Crippen molar-refractivity contribution in [1.82, 2.24) is 10.2 Å². The third-order valence-corrected chi connectivity index (χ3v) is 5.65. The van der Waals surface area contributed by atoms with Crippen LogP contribution in [0.5, 0.6) is 0 Å². The number of benzene rings is 1. The summed E-state index contributed by atoms with van der Waals surface area (Å²) in [7, 11) is 0. The number of amides is 2. The quantitative estimate of drug-likeness (QED) is 0.738. The Labute approximate surface area is 172 Å². The van der Waals surface area contributed by atoms with Gasteiger partial charge in [-0.15, -0.1) is 0 Å². The van der Waals surface area contributed by atoms with Crippen LogP contribution in [0, 0.1) is 5.92 Å². The molecular weight excluding hydrogens is 374 g/mol. The Balaban J connectivity index is 1.42. The van der Waals surface area contributed by atoms with Crippen molar-refractivity contribution >= 4 is 34.8 Å². The second kappa shape index (κ2) is 10.5. The maximum absolute atomic E-state index is 12.4. The van der Waals surface area contributed by atoms with Crippen molar-refractivity contribution in [1.29, 1.82) is 0 Å². The van der Waals surface area contributed by atoms with Crippen LogP contribution in [0.3, 0.4) is 0 Å². The molecule has 2 amide bonds. The fourth-order valence-electron chi connectivity index (χ4n) is 3.81. The summed E-state index contributed by atoms with van der Waals surface area (Å²) in [5.41, 5.74) is 1.38. The summed E-state index contributed by atoms with van der Waals surface area (Å²) in [4.78, 5) is 26.3. The highest BCUT2D eigenvalue weighted by molar-refractivity contribution is 7.80. The number of carbonyl (C=O) groups is 2. The molecule has 0 aromatic heterocycles. The lowest BCUT2D eigenvalue weighted by molar-refractivity contribution is -0.120. The van der Waals surface area contributed by atoms with E-state index >= 15 is 0 Å². The Kier molecular flexibility index (Phi) is 7.80. The van der Waals surface area contributed by atoms with Crippen LogP contribution in [0.1, 0.15) is 55.3 Å². The third kappa shape index (κ3) is 6.27. The van der Waals surface area contributed by atoms with Gasteiger partial charge in [0.1, 0.15) is 0 Å². The zero-order valence-corrected chi connectivity index (χ0v) is 17.1. The monoisotopic (exact) mass is 403 g/mol. The summed E-state index contributed by atoms with van der Waals surface area (Å²) >= 11 is 5.24. The highest BCUT2D eigenvalue weighted by Crippen LogP contribution is 2.27. The van der Waals surface area contributed by atoms with E-state index in [4.69, 9.17) is 17.0 Å². The minimum absolute atomic E-state index is 0.00782. The number of nitrogens with one attached hydrogen (secondary N) is 2. The Morgan fingerprint density at radius 3 is 2.43 bits per heavy atom. The van der Waals surface area contributed by atoms with Crippen molar-refractivity contribution < 1.29 is 14.3 Å². The SMILES string of the molecule is O=C(CCC1CCCCC1)NC(=S)Nc1ccc(C(=O)N2CCOCC2)cc1. The van der Waals surface area contributed by atoms with Crippen LogP contribution >= 0.6 is 12.2 Å². The molecule has 6 nitrogen and oxygen atoms in total. The number of ether oxygens (including phenoxy) is 1. The van der Waals surface area contributed by atoms with E-state index in [0.717, 1.165) is 12.1 Å². The first kappa shape index (κ1) is 20.7. The minimum atomic E-state index is -0.0396. The first-order valence-corrected chi connectivity index (χ1v) is 10.6. The smallest absolute Gasteiger partial charge is 0.254 e. The van der Waals surface area contributed by atoms with Crippen LogP contribution in [0.4, 0.5) is 5.69 Å². The number of thiocarbonyl (C=S) groups is 1. The largest absolute Gasteiger partial charge is 0.378 e. The topological polar surface area (TPSA) is 70.7 Å². The van der Waals surface area contributed by atoms with Gasteiger partial charge in [0.25, 0.3) is 5.91 Å². The molecule has 152 valence electrons. The molecule has 2 fully saturated rings. The summed E-state index contributed by atoms with van der Waals surface area (Å²) in [6.45, 7) is 2.41. The van der Waals surface area contributed by atoms with Gasteiger partial charge in [-0.25, -0.2) is 0 Å². The molecular formula is C21H29N3O3S. The van der Waals surface area contributed by atoms with Crippen molar-refractivity contribution in [2.75, 3.05) is 31.6 Å². The van der Waals surface area contributed by atoms with Crippen molar-refractivity contribution in [3.05, 3.63) is 29.8 Å². The molecule has 0 radical (unpaired) electrons. The Morgan fingerprint density at radius 2 is 1.75 bits per heavy atom. The van der Waals surface area contributed by atoms with Crippen LogP contribution in [0.25, 0.3) is 0 Å². The van der Waals surface area contributed by atoms with Gasteiger partial charge in [0.15, 0.2) is 5.11 Å². The van der Waals surface area contributed by atoms with Crippen LogP contribution in [0.15, 0.2) is 24.3 Å². The maximum Gasteiger partial charge on any atom is 0.254 e. The number of carbonyl (C=O) groups excluding carboxylic acids is 2. The molecule has 1 aromatic carbocycles. The van der Waals surface area contributed by atoms with E-state index in [1.165, 1.54) is 32.1 Å². The van der Waals surface area contributed by atoms with Gasteiger partial charge in [0.2, 0.25) is 5.91 Å². The van der Waals surface area contributed by atoms with E-state index in [1.54, 1.807) is 29.2 Å². The van der Waals surface area contributed by atoms with Gasteiger partial charge < -0.3 is 20.3 Å². The summed E-state index contributed by atoms with van der Waals surface area (Å²) in [5, 5.41) is 6.05. The van der Waals surface area contributed by atoms with Crippen molar-refractivity contribution in [3.8, 4) is 0 Å². The molecule has 1 aromatic rings. The highest BCUT2D eigenvalue weighted by atomic mass is 32.1. The second-order valence-corrected chi connectivity index (χ2v) is 7.94. The van der Waals surface area contributed by atoms with E-state index in [9.17, 15) is 9.59 Å². The van der Waals surface area contributed by atoms with E-state index < -0.39 is 0 Å². The number of anilines is 1.